The summed E-state index contributed by atoms with van der Waals surface area (Å²) in [4.78, 5) is 11.8. The van der Waals surface area contributed by atoms with Crippen LogP contribution in [0.1, 0.15) is 5.56 Å². The molecule has 0 saturated heterocycles. The lowest BCUT2D eigenvalue weighted by atomic mass is 10.1. The topological polar surface area (TPSA) is 64.3 Å². The van der Waals surface area contributed by atoms with Crippen LogP contribution in [-0.2, 0) is 9.84 Å². The molecule has 2 aromatic rings. The van der Waals surface area contributed by atoms with Crippen LogP contribution in [0.15, 0.2) is 32.5 Å². The Labute approximate surface area is 103 Å². The Morgan fingerprint density at radius 1 is 1.24 bits per heavy atom. The van der Waals surface area contributed by atoms with E-state index < -0.39 is 15.3 Å². The van der Waals surface area contributed by atoms with Crippen LogP contribution in [0.2, 0.25) is 5.02 Å². The van der Waals surface area contributed by atoms with Crippen LogP contribution >= 0.6 is 11.6 Å². The normalized spacial score (nSPS) is 11.9. The third-order valence-electron chi connectivity index (χ3n) is 2.32. The number of rotatable bonds is 1. The molecule has 2 rings (SSSR count). The van der Waals surface area contributed by atoms with Gasteiger partial charge >= 0.3 is 0 Å². The fraction of sp³-hybridized carbons (Fsp3) is 0.182. The van der Waals surface area contributed by atoms with Gasteiger partial charge in [-0.05, 0) is 24.6 Å². The second-order valence-corrected chi connectivity index (χ2v) is 6.18. The molecular weight excluding hydrogens is 264 g/mol. The maximum Gasteiger partial charge on any atom is 0.222 e. The van der Waals surface area contributed by atoms with E-state index in [1.807, 2.05) is 0 Å². The molecule has 0 aliphatic heterocycles. The zero-order chi connectivity index (χ0) is 12.8. The fourth-order valence-corrected chi connectivity index (χ4v) is 2.37. The van der Waals surface area contributed by atoms with Gasteiger partial charge in [-0.25, -0.2) is 8.42 Å². The summed E-state index contributed by atoms with van der Waals surface area (Å²) in [6.45, 7) is 1.70. The molecule has 0 aliphatic rings. The van der Waals surface area contributed by atoms with E-state index in [0.29, 0.717) is 10.6 Å². The van der Waals surface area contributed by atoms with E-state index in [1.54, 1.807) is 13.0 Å². The van der Waals surface area contributed by atoms with Crippen LogP contribution in [0.4, 0.5) is 0 Å². The molecule has 0 N–H and O–H groups in total. The number of sulfone groups is 1. The van der Waals surface area contributed by atoms with Gasteiger partial charge in [0.15, 0.2) is 5.43 Å². The maximum absolute atomic E-state index is 11.8. The summed E-state index contributed by atoms with van der Waals surface area (Å²) < 4.78 is 27.9. The summed E-state index contributed by atoms with van der Waals surface area (Å²) in [5, 5.41) is 0.359. The van der Waals surface area contributed by atoms with E-state index in [1.165, 1.54) is 6.07 Å². The van der Waals surface area contributed by atoms with E-state index in [0.717, 1.165) is 12.3 Å². The summed E-state index contributed by atoms with van der Waals surface area (Å²) in [7, 11) is -3.54. The van der Waals surface area contributed by atoms with E-state index >= 15 is 0 Å². The fourth-order valence-electron chi connectivity index (χ4n) is 1.55. The van der Waals surface area contributed by atoms with Gasteiger partial charge in [0.1, 0.15) is 5.58 Å². The Balaban J connectivity index is 2.98. The average molecular weight is 273 g/mol. The first-order valence-corrected chi connectivity index (χ1v) is 7.00. The van der Waals surface area contributed by atoms with Crippen LogP contribution in [0.5, 0.6) is 0 Å². The number of hydrogen-bond donors (Lipinski definition) is 0. The molecule has 1 aromatic carbocycles. The van der Waals surface area contributed by atoms with Crippen LogP contribution in [-0.4, -0.2) is 14.7 Å². The molecule has 4 nitrogen and oxygen atoms in total. The highest BCUT2D eigenvalue weighted by Gasteiger charge is 2.15. The smallest absolute Gasteiger partial charge is 0.222 e. The molecule has 6 heteroatoms. The first-order valence-electron chi connectivity index (χ1n) is 4.73. The van der Waals surface area contributed by atoms with Crippen LogP contribution in [0, 0.1) is 6.92 Å². The quantitative estimate of drug-likeness (QED) is 0.798. The Morgan fingerprint density at radius 3 is 2.47 bits per heavy atom. The van der Waals surface area contributed by atoms with Gasteiger partial charge in [0.05, 0.1) is 5.39 Å². The second-order valence-electron chi connectivity index (χ2n) is 3.80. The Bertz CT molecular complexity index is 759. The third kappa shape index (κ3) is 2.21. The lowest BCUT2D eigenvalue weighted by molar-refractivity contribution is 0.470. The van der Waals surface area contributed by atoms with Gasteiger partial charge in [-0.1, -0.05) is 11.6 Å². The maximum atomic E-state index is 11.8. The van der Waals surface area contributed by atoms with Crippen molar-refractivity contribution in [3.05, 3.63) is 39.0 Å². The van der Waals surface area contributed by atoms with Crippen molar-refractivity contribution in [2.24, 2.45) is 0 Å². The van der Waals surface area contributed by atoms with Gasteiger partial charge in [-0.2, -0.15) is 0 Å². The number of benzene rings is 1. The van der Waals surface area contributed by atoms with Crippen molar-refractivity contribution in [2.45, 2.75) is 12.0 Å². The van der Waals surface area contributed by atoms with Gasteiger partial charge in [0, 0.05) is 17.3 Å². The lowest BCUT2D eigenvalue weighted by Crippen LogP contribution is -2.06. The first-order chi connectivity index (χ1) is 7.79. The van der Waals surface area contributed by atoms with Crippen LogP contribution < -0.4 is 5.43 Å². The monoisotopic (exact) mass is 272 g/mol. The molecule has 1 heterocycles. The van der Waals surface area contributed by atoms with Crippen molar-refractivity contribution in [2.75, 3.05) is 6.26 Å². The molecule has 0 saturated carbocycles. The van der Waals surface area contributed by atoms with Crippen LogP contribution in [0.25, 0.3) is 11.0 Å². The van der Waals surface area contributed by atoms with Crippen molar-refractivity contribution < 1.29 is 12.8 Å². The highest BCUT2D eigenvalue weighted by atomic mass is 35.5. The number of aryl methyl sites for hydroxylation is 1. The van der Waals surface area contributed by atoms with Gasteiger partial charge in [0.2, 0.25) is 14.9 Å². The summed E-state index contributed by atoms with van der Waals surface area (Å²) in [5.74, 6) is 0. The SMILES string of the molecule is Cc1cc(Cl)cc2c(=O)cc(S(C)(=O)=O)oc12. The molecule has 0 aliphatic carbocycles. The van der Waals surface area contributed by atoms with Crippen LogP contribution in [0.3, 0.4) is 0 Å². The minimum absolute atomic E-state index is 0.252. The van der Waals surface area contributed by atoms with E-state index in [-0.39, 0.29) is 16.1 Å². The average Bonchev–Trinajstić information content (AvgIpc) is 2.17. The number of hydrogen-bond acceptors (Lipinski definition) is 4. The van der Waals surface area contributed by atoms with Gasteiger partial charge < -0.3 is 4.42 Å². The largest absolute Gasteiger partial charge is 0.444 e. The third-order valence-corrected chi connectivity index (χ3v) is 3.47. The van der Waals surface area contributed by atoms with Gasteiger partial charge in [-0.15, -0.1) is 0 Å². The van der Waals surface area contributed by atoms with E-state index in [2.05, 4.69) is 0 Å². The van der Waals surface area contributed by atoms with Gasteiger partial charge in [0.25, 0.3) is 0 Å². The molecule has 0 spiro atoms. The summed E-state index contributed by atoms with van der Waals surface area (Å²) in [5.41, 5.74) is 0.453. The zero-order valence-electron chi connectivity index (χ0n) is 9.15. The molecule has 0 atom stereocenters. The molecule has 0 fully saturated rings. The molecule has 0 amide bonds. The van der Waals surface area contributed by atoms with E-state index in [4.69, 9.17) is 16.0 Å². The molecule has 1 aromatic heterocycles. The Hall–Kier alpha value is -1.33. The Kier molecular flexibility index (Phi) is 2.75. The predicted octanol–water partition coefficient (Wildman–Crippen LogP) is 2.16. The summed E-state index contributed by atoms with van der Waals surface area (Å²) >= 11 is 5.83. The van der Waals surface area contributed by atoms with Crippen molar-refractivity contribution >= 4 is 32.4 Å². The Morgan fingerprint density at radius 2 is 1.88 bits per heavy atom. The van der Waals surface area contributed by atoms with Crippen molar-refractivity contribution in [1.82, 2.24) is 0 Å². The molecule has 17 heavy (non-hydrogen) atoms. The van der Waals surface area contributed by atoms with Crippen molar-refractivity contribution in [1.29, 1.82) is 0 Å². The van der Waals surface area contributed by atoms with Gasteiger partial charge in [-0.3, -0.25) is 4.79 Å². The standard InChI is InChI=1S/C11H9ClO4S/c1-6-3-7(12)4-8-9(13)5-10(16-11(6)8)17(2,14)15/h3-5H,1-2H3. The van der Waals surface area contributed by atoms with Crippen molar-refractivity contribution in [3.63, 3.8) is 0 Å². The lowest BCUT2D eigenvalue weighted by Gasteiger charge is -2.04. The van der Waals surface area contributed by atoms with E-state index in [9.17, 15) is 13.2 Å². The number of halogens is 1. The molecule has 90 valence electrons. The molecule has 0 unspecified atom stereocenters. The second kappa shape index (κ2) is 3.85. The summed E-state index contributed by atoms with van der Waals surface area (Å²) in [6.07, 6.45) is 0.988. The number of fused-ring (bicyclic) bond motifs is 1. The minimum atomic E-state index is -3.54. The first kappa shape index (κ1) is 12.1. The highest BCUT2D eigenvalue weighted by molar-refractivity contribution is 7.90. The molecule has 0 radical (unpaired) electrons. The molecular formula is C11H9ClO4S. The summed E-state index contributed by atoms with van der Waals surface area (Å²) in [6, 6.07) is 4.04. The minimum Gasteiger partial charge on any atom is -0.444 e. The molecule has 0 bridgehead atoms. The zero-order valence-corrected chi connectivity index (χ0v) is 10.7. The van der Waals surface area contributed by atoms with Crippen molar-refractivity contribution in [3.8, 4) is 0 Å². The predicted molar refractivity (Wildman–Crippen MR) is 65.3 cm³/mol. The highest BCUT2D eigenvalue weighted by Crippen LogP contribution is 2.23.